The van der Waals surface area contributed by atoms with Gasteiger partial charge < -0.3 is 15.0 Å². The van der Waals surface area contributed by atoms with E-state index in [0.29, 0.717) is 11.8 Å². The van der Waals surface area contributed by atoms with Gasteiger partial charge in [-0.2, -0.15) is 0 Å². The number of rotatable bonds is 3. The molecule has 0 aliphatic carbocycles. The van der Waals surface area contributed by atoms with Gasteiger partial charge in [-0.25, -0.2) is 0 Å². The second-order valence-electron chi connectivity index (χ2n) is 5.64. The topological polar surface area (TPSA) is 63.0 Å². The quantitative estimate of drug-likeness (QED) is 0.814. The third-order valence-electron chi connectivity index (χ3n) is 4.26. The molecule has 1 fully saturated rings. The molecule has 100 valence electrons. The van der Waals surface area contributed by atoms with Crippen LogP contribution in [-0.2, 0) is 19.4 Å². The van der Waals surface area contributed by atoms with E-state index in [0.717, 1.165) is 50.5 Å². The van der Waals surface area contributed by atoms with Crippen molar-refractivity contribution < 1.29 is 5.11 Å². The molecule has 18 heavy (non-hydrogen) atoms. The van der Waals surface area contributed by atoms with E-state index in [1.54, 1.807) is 0 Å². The van der Waals surface area contributed by atoms with E-state index < -0.39 is 0 Å². The molecular weight excluding hydrogens is 228 g/mol. The van der Waals surface area contributed by atoms with E-state index >= 15 is 0 Å². The number of hydrogen-bond acceptors (Lipinski definition) is 4. The number of aromatic nitrogens is 3. The molecule has 3 rings (SSSR count). The molecule has 5 nitrogen and oxygen atoms in total. The summed E-state index contributed by atoms with van der Waals surface area (Å²) >= 11 is 0. The third kappa shape index (κ3) is 2.42. The number of hydrogen-bond donors (Lipinski definition) is 2. The molecule has 3 heterocycles. The van der Waals surface area contributed by atoms with Crippen LogP contribution < -0.4 is 5.32 Å². The average molecular weight is 250 g/mol. The summed E-state index contributed by atoms with van der Waals surface area (Å²) in [6.07, 6.45) is 5.56. The van der Waals surface area contributed by atoms with Crippen LogP contribution in [0.3, 0.4) is 0 Å². The Labute approximate surface area is 108 Å². The van der Waals surface area contributed by atoms with Crippen LogP contribution in [0.2, 0.25) is 0 Å². The van der Waals surface area contributed by atoms with E-state index in [1.165, 1.54) is 12.8 Å². The predicted molar refractivity (Wildman–Crippen MR) is 68.2 cm³/mol. The Kier molecular flexibility index (Phi) is 3.61. The molecule has 0 radical (unpaired) electrons. The number of aliphatic hydroxyl groups is 1. The standard InChI is InChI=1S/C13H22N4O/c18-9-11-3-5-17-12(15-16-13(17)7-11)6-10-2-1-4-14-8-10/h10-11,14,18H,1-9H2. The lowest BCUT2D eigenvalue weighted by Gasteiger charge is -2.25. The summed E-state index contributed by atoms with van der Waals surface area (Å²) in [5, 5.41) is 21.3. The van der Waals surface area contributed by atoms with Crippen molar-refractivity contribution in [2.75, 3.05) is 19.7 Å². The number of fused-ring (bicyclic) bond motifs is 1. The van der Waals surface area contributed by atoms with E-state index in [2.05, 4.69) is 20.1 Å². The maximum absolute atomic E-state index is 9.22. The summed E-state index contributed by atoms with van der Waals surface area (Å²) in [5.41, 5.74) is 0. The van der Waals surface area contributed by atoms with Crippen LogP contribution in [0.5, 0.6) is 0 Å². The predicted octanol–water partition coefficient (Wildman–Crippen LogP) is 0.375. The van der Waals surface area contributed by atoms with Gasteiger partial charge >= 0.3 is 0 Å². The summed E-state index contributed by atoms with van der Waals surface area (Å²) in [5.74, 6) is 3.31. The zero-order valence-electron chi connectivity index (χ0n) is 10.8. The Morgan fingerprint density at radius 1 is 1.28 bits per heavy atom. The zero-order valence-corrected chi connectivity index (χ0v) is 10.8. The molecule has 1 aromatic heterocycles. The fourth-order valence-corrected chi connectivity index (χ4v) is 3.12. The normalized spacial score (nSPS) is 28.1. The minimum Gasteiger partial charge on any atom is -0.396 e. The van der Waals surface area contributed by atoms with Crippen molar-refractivity contribution in [1.29, 1.82) is 0 Å². The van der Waals surface area contributed by atoms with Gasteiger partial charge in [0.15, 0.2) is 0 Å². The molecule has 2 atom stereocenters. The second kappa shape index (κ2) is 5.36. The molecular formula is C13H22N4O. The molecule has 1 aromatic rings. The summed E-state index contributed by atoms with van der Waals surface area (Å²) < 4.78 is 2.28. The summed E-state index contributed by atoms with van der Waals surface area (Å²) in [7, 11) is 0. The summed E-state index contributed by atoms with van der Waals surface area (Å²) in [6, 6.07) is 0. The third-order valence-corrected chi connectivity index (χ3v) is 4.26. The van der Waals surface area contributed by atoms with Gasteiger partial charge in [0.1, 0.15) is 11.6 Å². The van der Waals surface area contributed by atoms with E-state index in [9.17, 15) is 5.11 Å². The molecule has 2 unspecified atom stereocenters. The first-order valence-corrected chi connectivity index (χ1v) is 7.09. The first-order valence-electron chi connectivity index (χ1n) is 7.09. The van der Waals surface area contributed by atoms with Crippen molar-refractivity contribution in [3.63, 3.8) is 0 Å². The lowest BCUT2D eigenvalue weighted by Crippen LogP contribution is -2.32. The van der Waals surface area contributed by atoms with Gasteiger partial charge in [-0.05, 0) is 44.2 Å². The van der Waals surface area contributed by atoms with Crippen LogP contribution in [0, 0.1) is 11.8 Å². The molecule has 2 aliphatic heterocycles. The molecule has 2 N–H and O–H groups in total. The average Bonchev–Trinajstić information content (AvgIpc) is 2.82. The molecule has 2 aliphatic rings. The van der Waals surface area contributed by atoms with Crippen molar-refractivity contribution in [2.24, 2.45) is 11.8 Å². The van der Waals surface area contributed by atoms with E-state index in [4.69, 9.17) is 0 Å². The highest BCUT2D eigenvalue weighted by Crippen LogP contribution is 2.22. The molecule has 0 amide bonds. The van der Waals surface area contributed by atoms with Gasteiger partial charge in [0.05, 0.1) is 0 Å². The number of nitrogens with zero attached hydrogens (tertiary/aromatic N) is 3. The number of nitrogens with one attached hydrogen (secondary N) is 1. The monoisotopic (exact) mass is 250 g/mol. The van der Waals surface area contributed by atoms with Crippen LogP contribution in [0.4, 0.5) is 0 Å². The molecule has 1 saturated heterocycles. The lowest BCUT2D eigenvalue weighted by atomic mass is 9.95. The van der Waals surface area contributed by atoms with Crippen LogP contribution in [-0.4, -0.2) is 39.6 Å². The van der Waals surface area contributed by atoms with E-state index in [-0.39, 0.29) is 6.61 Å². The van der Waals surface area contributed by atoms with Crippen LogP contribution in [0.1, 0.15) is 30.9 Å². The van der Waals surface area contributed by atoms with Gasteiger partial charge in [0.25, 0.3) is 0 Å². The first kappa shape index (κ1) is 12.1. The first-order chi connectivity index (χ1) is 8.86. The molecule has 5 heteroatoms. The van der Waals surface area contributed by atoms with Crippen molar-refractivity contribution in [1.82, 2.24) is 20.1 Å². The minimum absolute atomic E-state index is 0.273. The summed E-state index contributed by atoms with van der Waals surface area (Å²) in [4.78, 5) is 0. The highest BCUT2D eigenvalue weighted by atomic mass is 16.3. The highest BCUT2D eigenvalue weighted by Gasteiger charge is 2.24. The largest absolute Gasteiger partial charge is 0.396 e. The van der Waals surface area contributed by atoms with E-state index in [1.807, 2.05) is 0 Å². The number of piperidine rings is 1. The Balaban J connectivity index is 1.68. The van der Waals surface area contributed by atoms with Gasteiger partial charge in [-0.15, -0.1) is 10.2 Å². The summed E-state index contributed by atoms with van der Waals surface area (Å²) in [6.45, 7) is 3.52. The Bertz CT molecular complexity index is 398. The maximum atomic E-state index is 9.22. The Morgan fingerprint density at radius 3 is 3.00 bits per heavy atom. The highest BCUT2D eigenvalue weighted by molar-refractivity contribution is 5.01. The van der Waals surface area contributed by atoms with Gasteiger partial charge in [0, 0.05) is 26.0 Å². The van der Waals surface area contributed by atoms with Crippen LogP contribution in [0.25, 0.3) is 0 Å². The van der Waals surface area contributed by atoms with Crippen molar-refractivity contribution >= 4 is 0 Å². The fraction of sp³-hybridized carbons (Fsp3) is 0.846. The smallest absolute Gasteiger partial charge is 0.133 e. The van der Waals surface area contributed by atoms with Gasteiger partial charge in [0.2, 0.25) is 0 Å². The Hall–Kier alpha value is -0.940. The van der Waals surface area contributed by atoms with Crippen molar-refractivity contribution in [3.8, 4) is 0 Å². The molecule has 0 bridgehead atoms. The molecule has 0 saturated carbocycles. The lowest BCUT2D eigenvalue weighted by molar-refractivity contribution is 0.198. The molecule has 0 spiro atoms. The number of aliphatic hydroxyl groups excluding tert-OH is 1. The van der Waals surface area contributed by atoms with Gasteiger partial charge in [-0.1, -0.05) is 0 Å². The van der Waals surface area contributed by atoms with Gasteiger partial charge in [-0.3, -0.25) is 0 Å². The van der Waals surface area contributed by atoms with Crippen molar-refractivity contribution in [3.05, 3.63) is 11.6 Å². The zero-order chi connectivity index (χ0) is 12.4. The Morgan fingerprint density at radius 2 is 2.22 bits per heavy atom. The van der Waals surface area contributed by atoms with Crippen LogP contribution >= 0.6 is 0 Å². The van der Waals surface area contributed by atoms with Crippen molar-refractivity contribution in [2.45, 2.75) is 38.6 Å². The SMILES string of the molecule is OCC1CCn2c(nnc2CC2CCCNC2)C1. The maximum Gasteiger partial charge on any atom is 0.133 e. The molecule has 0 aromatic carbocycles. The fourth-order valence-electron chi connectivity index (χ4n) is 3.12. The second-order valence-corrected chi connectivity index (χ2v) is 5.64. The minimum atomic E-state index is 0.273. The van der Waals surface area contributed by atoms with Crippen LogP contribution in [0.15, 0.2) is 0 Å².